The molecule has 1 N–H and O–H groups in total. The Balaban J connectivity index is 2.02. The number of aromatic nitrogens is 1. The van der Waals surface area contributed by atoms with E-state index in [2.05, 4.69) is 31.1 Å². The van der Waals surface area contributed by atoms with E-state index in [-0.39, 0.29) is 6.10 Å². The predicted molar refractivity (Wildman–Crippen MR) is 76.8 cm³/mol. The quantitative estimate of drug-likeness (QED) is 0.883. The zero-order valence-corrected chi connectivity index (χ0v) is 12.8. The normalized spacial score (nSPS) is 29.5. The van der Waals surface area contributed by atoms with Gasteiger partial charge in [0.05, 0.1) is 11.1 Å². The van der Waals surface area contributed by atoms with E-state index in [9.17, 15) is 5.11 Å². The highest BCUT2D eigenvalue weighted by Gasteiger charge is 2.35. The maximum atomic E-state index is 10.2. The predicted octanol–water partition coefficient (Wildman–Crippen LogP) is 3.82. The van der Waals surface area contributed by atoms with E-state index in [1.54, 1.807) is 11.3 Å². The van der Waals surface area contributed by atoms with E-state index in [1.165, 1.54) is 5.01 Å². The van der Waals surface area contributed by atoms with Gasteiger partial charge in [-0.15, -0.1) is 11.3 Å². The third-order valence-corrected chi connectivity index (χ3v) is 5.26. The van der Waals surface area contributed by atoms with E-state index in [0.717, 1.165) is 37.3 Å². The molecule has 102 valence electrons. The van der Waals surface area contributed by atoms with Crippen molar-refractivity contribution in [3.63, 3.8) is 0 Å². The van der Waals surface area contributed by atoms with E-state index in [4.69, 9.17) is 0 Å². The summed E-state index contributed by atoms with van der Waals surface area (Å²) in [6.45, 7) is 9.00. The Kier molecular flexibility index (Phi) is 4.12. The first-order chi connectivity index (χ1) is 8.36. The molecule has 18 heavy (non-hydrogen) atoms. The lowest BCUT2D eigenvalue weighted by Crippen LogP contribution is -2.35. The lowest BCUT2D eigenvalue weighted by Gasteiger charge is -2.40. The van der Waals surface area contributed by atoms with Crippen molar-refractivity contribution in [3.05, 3.63) is 16.1 Å². The molecule has 1 saturated carbocycles. The Labute approximate surface area is 114 Å². The molecule has 1 aliphatic carbocycles. The standard InChI is InChI=1S/C15H25NOS/c1-10-9-18-14(16-10)8-11-7-12(15(2,3)4)5-6-13(11)17/h9,11-13,17H,5-8H2,1-4H3. The molecule has 0 aliphatic heterocycles. The Morgan fingerprint density at radius 1 is 1.39 bits per heavy atom. The first-order valence-corrected chi connectivity index (χ1v) is 7.83. The van der Waals surface area contributed by atoms with Gasteiger partial charge < -0.3 is 5.11 Å². The number of nitrogens with zero attached hydrogens (tertiary/aromatic N) is 1. The highest BCUT2D eigenvalue weighted by molar-refractivity contribution is 7.09. The van der Waals surface area contributed by atoms with Gasteiger partial charge in [-0.05, 0) is 43.4 Å². The van der Waals surface area contributed by atoms with Crippen LogP contribution in [0.15, 0.2) is 5.38 Å². The van der Waals surface area contributed by atoms with E-state index < -0.39 is 0 Å². The molecule has 3 atom stereocenters. The highest BCUT2D eigenvalue weighted by atomic mass is 32.1. The van der Waals surface area contributed by atoms with Gasteiger partial charge >= 0.3 is 0 Å². The molecule has 1 aromatic rings. The molecule has 0 bridgehead atoms. The minimum atomic E-state index is -0.132. The zero-order valence-electron chi connectivity index (χ0n) is 11.9. The van der Waals surface area contributed by atoms with Crippen LogP contribution in [0.5, 0.6) is 0 Å². The number of hydrogen-bond acceptors (Lipinski definition) is 3. The fraction of sp³-hybridized carbons (Fsp3) is 0.800. The van der Waals surface area contributed by atoms with Gasteiger partial charge in [-0.1, -0.05) is 20.8 Å². The van der Waals surface area contributed by atoms with Crippen molar-refractivity contribution in [2.24, 2.45) is 17.3 Å². The molecule has 3 unspecified atom stereocenters. The summed E-state index contributed by atoms with van der Waals surface area (Å²) in [4.78, 5) is 4.53. The van der Waals surface area contributed by atoms with Crippen molar-refractivity contribution in [2.45, 2.75) is 59.5 Å². The molecule has 2 nitrogen and oxygen atoms in total. The Hall–Kier alpha value is -0.410. The molecule has 1 fully saturated rings. The minimum Gasteiger partial charge on any atom is -0.393 e. The maximum Gasteiger partial charge on any atom is 0.0931 e. The zero-order chi connectivity index (χ0) is 13.3. The fourth-order valence-corrected chi connectivity index (χ4v) is 3.84. The van der Waals surface area contributed by atoms with Gasteiger partial charge in [-0.25, -0.2) is 4.98 Å². The average Bonchev–Trinajstić information content (AvgIpc) is 2.66. The van der Waals surface area contributed by atoms with Gasteiger partial charge in [-0.3, -0.25) is 0 Å². The summed E-state index contributed by atoms with van der Waals surface area (Å²) in [5, 5.41) is 13.5. The lowest BCUT2D eigenvalue weighted by atomic mass is 9.67. The van der Waals surface area contributed by atoms with Crippen LogP contribution in [0.2, 0.25) is 0 Å². The number of hydrogen-bond donors (Lipinski definition) is 1. The second-order valence-electron chi connectivity index (χ2n) is 6.79. The lowest BCUT2D eigenvalue weighted by molar-refractivity contribution is 0.0196. The van der Waals surface area contributed by atoms with E-state index in [0.29, 0.717) is 11.3 Å². The Morgan fingerprint density at radius 3 is 2.67 bits per heavy atom. The summed E-state index contributed by atoms with van der Waals surface area (Å²) in [6.07, 6.45) is 4.08. The van der Waals surface area contributed by atoms with Gasteiger partial charge in [-0.2, -0.15) is 0 Å². The van der Waals surface area contributed by atoms with Crippen LogP contribution < -0.4 is 0 Å². The number of rotatable bonds is 2. The largest absolute Gasteiger partial charge is 0.393 e. The Bertz CT molecular complexity index is 393. The van der Waals surface area contributed by atoms with Crippen molar-refractivity contribution in [1.82, 2.24) is 4.98 Å². The van der Waals surface area contributed by atoms with Crippen molar-refractivity contribution >= 4 is 11.3 Å². The second kappa shape index (κ2) is 5.30. The van der Waals surface area contributed by atoms with Crippen LogP contribution in [-0.2, 0) is 6.42 Å². The molecule has 0 amide bonds. The van der Waals surface area contributed by atoms with Crippen molar-refractivity contribution < 1.29 is 5.11 Å². The molecule has 1 aliphatic rings. The summed E-state index contributed by atoms with van der Waals surface area (Å²) < 4.78 is 0. The molecule has 0 spiro atoms. The van der Waals surface area contributed by atoms with Crippen LogP contribution in [0.1, 0.15) is 50.7 Å². The molecule has 0 saturated heterocycles. The van der Waals surface area contributed by atoms with Gasteiger partial charge in [0.2, 0.25) is 0 Å². The number of aliphatic hydroxyl groups is 1. The van der Waals surface area contributed by atoms with E-state index in [1.807, 2.05) is 6.92 Å². The molecule has 0 radical (unpaired) electrons. The van der Waals surface area contributed by atoms with Crippen LogP contribution in [0, 0.1) is 24.2 Å². The SMILES string of the molecule is Cc1csc(CC2CC(C(C)(C)C)CCC2O)n1. The smallest absolute Gasteiger partial charge is 0.0931 e. The summed E-state index contributed by atoms with van der Waals surface area (Å²) in [5.74, 6) is 1.13. The van der Waals surface area contributed by atoms with Crippen LogP contribution in [0.25, 0.3) is 0 Å². The second-order valence-corrected chi connectivity index (χ2v) is 7.73. The van der Waals surface area contributed by atoms with Gasteiger partial charge in [0.15, 0.2) is 0 Å². The maximum absolute atomic E-state index is 10.2. The number of thiazole rings is 1. The summed E-state index contributed by atoms with van der Waals surface area (Å²) >= 11 is 1.73. The molecule has 1 heterocycles. The van der Waals surface area contributed by atoms with Gasteiger partial charge in [0.25, 0.3) is 0 Å². The van der Waals surface area contributed by atoms with Crippen LogP contribution >= 0.6 is 11.3 Å². The van der Waals surface area contributed by atoms with Crippen LogP contribution in [0.4, 0.5) is 0 Å². The highest BCUT2D eigenvalue weighted by Crippen LogP contribution is 2.41. The topological polar surface area (TPSA) is 33.1 Å². The molecule has 1 aromatic heterocycles. The molecular weight excluding hydrogens is 242 g/mol. The minimum absolute atomic E-state index is 0.132. The van der Waals surface area contributed by atoms with Crippen molar-refractivity contribution in [1.29, 1.82) is 0 Å². The van der Waals surface area contributed by atoms with Crippen LogP contribution in [0.3, 0.4) is 0 Å². The molecular formula is C15H25NOS. The van der Waals surface area contributed by atoms with Gasteiger partial charge in [0, 0.05) is 17.5 Å². The fourth-order valence-electron chi connectivity index (χ4n) is 2.97. The molecule has 3 heteroatoms. The third-order valence-electron chi connectivity index (χ3n) is 4.27. The first-order valence-electron chi connectivity index (χ1n) is 6.95. The summed E-state index contributed by atoms with van der Waals surface area (Å²) in [7, 11) is 0. The summed E-state index contributed by atoms with van der Waals surface area (Å²) in [6, 6.07) is 0. The van der Waals surface area contributed by atoms with E-state index >= 15 is 0 Å². The van der Waals surface area contributed by atoms with Crippen molar-refractivity contribution in [2.75, 3.05) is 0 Å². The third kappa shape index (κ3) is 3.33. The van der Waals surface area contributed by atoms with Crippen LogP contribution in [-0.4, -0.2) is 16.2 Å². The molecule has 0 aromatic carbocycles. The van der Waals surface area contributed by atoms with Crippen molar-refractivity contribution in [3.8, 4) is 0 Å². The number of aliphatic hydroxyl groups excluding tert-OH is 1. The number of aryl methyl sites for hydroxylation is 1. The molecule has 2 rings (SSSR count). The first kappa shape index (κ1) is 14.0. The van der Waals surface area contributed by atoms with Gasteiger partial charge in [0.1, 0.15) is 0 Å². The monoisotopic (exact) mass is 267 g/mol. The summed E-state index contributed by atoms with van der Waals surface area (Å²) in [5.41, 5.74) is 1.46. The average molecular weight is 267 g/mol. The Morgan fingerprint density at radius 2 is 2.11 bits per heavy atom.